The lowest BCUT2D eigenvalue weighted by Crippen LogP contribution is -2.83. The van der Waals surface area contributed by atoms with Gasteiger partial charge < -0.3 is 15.2 Å². The number of hydrogen-bond donors (Lipinski definition) is 4. The van der Waals surface area contributed by atoms with E-state index in [9.17, 15) is 14.3 Å². The van der Waals surface area contributed by atoms with Crippen molar-refractivity contribution in [2.75, 3.05) is 6.61 Å². The first-order valence-corrected chi connectivity index (χ1v) is 8.60. The van der Waals surface area contributed by atoms with E-state index in [1.165, 1.54) is 12.1 Å². The van der Waals surface area contributed by atoms with E-state index >= 15 is 0 Å². The Morgan fingerprint density at radius 1 is 1.42 bits per heavy atom. The fraction of sp³-hybridized carbons (Fsp3) is 0.412. The van der Waals surface area contributed by atoms with Crippen LogP contribution in [0.1, 0.15) is 31.1 Å². The number of hydrogen-bond acceptors (Lipinski definition) is 5. The van der Waals surface area contributed by atoms with E-state index in [1.807, 2.05) is 0 Å². The molecule has 7 nitrogen and oxygen atoms in total. The Kier molecular flexibility index (Phi) is 4.13. The largest absolute Gasteiger partial charge is 0.484 e. The molecule has 0 aliphatic heterocycles. The van der Waals surface area contributed by atoms with Crippen molar-refractivity contribution in [1.82, 2.24) is 20.8 Å². The van der Waals surface area contributed by atoms with Gasteiger partial charge in [-0.05, 0) is 31.4 Å². The highest BCUT2D eigenvalue weighted by Gasteiger charge is 2.68. The SMILES string of the molecule is O=C(COc1ccc(Cl)c(F)c1)NC12CC(NC(O)c3cn[nH]c3)(C1)C2. The summed E-state index contributed by atoms with van der Waals surface area (Å²) in [6.07, 6.45) is 4.66. The van der Waals surface area contributed by atoms with Crippen LogP contribution in [0.25, 0.3) is 0 Å². The second kappa shape index (κ2) is 6.22. The van der Waals surface area contributed by atoms with Crippen LogP contribution in [0.4, 0.5) is 4.39 Å². The third-order valence-corrected chi connectivity index (χ3v) is 5.28. The summed E-state index contributed by atoms with van der Waals surface area (Å²) < 4.78 is 18.6. The standard InChI is InChI=1S/C17H18ClFN4O3/c18-12-2-1-11(3-13(12)19)26-6-14(24)22-16-7-17(8-16,9-16)23-15(25)10-4-20-21-5-10/h1-5,15,23,25H,6-9H2,(H,20,21)(H,22,24). The molecule has 0 radical (unpaired) electrons. The molecule has 3 aliphatic carbocycles. The van der Waals surface area contributed by atoms with Crippen molar-refractivity contribution in [3.05, 3.63) is 47.0 Å². The van der Waals surface area contributed by atoms with Gasteiger partial charge in [0.1, 0.15) is 17.8 Å². The van der Waals surface area contributed by atoms with Crippen LogP contribution in [-0.2, 0) is 4.79 Å². The molecule has 1 amide bonds. The maximum Gasteiger partial charge on any atom is 0.258 e. The second-order valence-corrected chi connectivity index (χ2v) is 7.49. The molecule has 1 unspecified atom stereocenters. The normalized spacial score (nSPS) is 27.2. The molecule has 0 spiro atoms. The summed E-state index contributed by atoms with van der Waals surface area (Å²) in [5, 5.41) is 22.8. The molecular weight excluding hydrogens is 363 g/mol. The number of H-pyrrole nitrogens is 1. The minimum Gasteiger partial charge on any atom is -0.484 e. The topological polar surface area (TPSA) is 99.3 Å². The number of nitrogens with one attached hydrogen (secondary N) is 3. The lowest BCUT2D eigenvalue weighted by molar-refractivity contribution is -0.151. The van der Waals surface area contributed by atoms with Crippen LogP contribution in [0.2, 0.25) is 5.02 Å². The van der Waals surface area contributed by atoms with Crippen molar-refractivity contribution in [3.63, 3.8) is 0 Å². The number of amides is 1. The number of halogens is 2. The van der Waals surface area contributed by atoms with Crippen molar-refractivity contribution in [2.24, 2.45) is 0 Å². The molecule has 1 heterocycles. The highest BCUT2D eigenvalue weighted by Crippen LogP contribution is 2.60. The molecule has 26 heavy (non-hydrogen) atoms. The molecule has 2 bridgehead atoms. The first kappa shape index (κ1) is 17.3. The Morgan fingerprint density at radius 2 is 2.19 bits per heavy atom. The van der Waals surface area contributed by atoms with Gasteiger partial charge in [-0.2, -0.15) is 5.10 Å². The fourth-order valence-corrected chi connectivity index (χ4v) is 4.02. The van der Waals surface area contributed by atoms with Gasteiger partial charge in [-0.25, -0.2) is 4.39 Å². The van der Waals surface area contributed by atoms with Crippen molar-refractivity contribution in [3.8, 4) is 5.75 Å². The zero-order valence-electron chi connectivity index (χ0n) is 13.8. The van der Waals surface area contributed by atoms with Gasteiger partial charge in [-0.15, -0.1) is 0 Å². The molecule has 2 aromatic rings. The number of aromatic nitrogens is 2. The van der Waals surface area contributed by atoms with Gasteiger partial charge in [0.15, 0.2) is 6.61 Å². The maximum absolute atomic E-state index is 13.3. The predicted molar refractivity (Wildman–Crippen MR) is 91.0 cm³/mol. The van der Waals surface area contributed by atoms with Gasteiger partial charge in [0.25, 0.3) is 5.91 Å². The van der Waals surface area contributed by atoms with Crippen molar-refractivity contribution >= 4 is 17.5 Å². The number of carbonyl (C=O) groups excluding carboxylic acids is 1. The van der Waals surface area contributed by atoms with Crippen LogP contribution in [0.3, 0.4) is 0 Å². The monoisotopic (exact) mass is 380 g/mol. The highest BCUT2D eigenvalue weighted by molar-refractivity contribution is 6.30. The van der Waals surface area contributed by atoms with Gasteiger partial charge in [0, 0.05) is 28.9 Å². The third-order valence-electron chi connectivity index (χ3n) is 4.97. The summed E-state index contributed by atoms with van der Waals surface area (Å²) in [5.74, 6) is -0.599. The molecule has 3 fully saturated rings. The molecule has 9 heteroatoms. The smallest absolute Gasteiger partial charge is 0.258 e. The minimum atomic E-state index is -0.786. The van der Waals surface area contributed by atoms with Crippen LogP contribution in [0.15, 0.2) is 30.6 Å². The molecule has 4 N–H and O–H groups in total. The Hall–Kier alpha value is -2.16. The number of benzene rings is 1. The lowest BCUT2D eigenvalue weighted by atomic mass is 9.44. The molecule has 3 aliphatic rings. The number of nitrogens with zero attached hydrogens (tertiary/aromatic N) is 1. The van der Waals surface area contributed by atoms with E-state index in [0.29, 0.717) is 5.56 Å². The van der Waals surface area contributed by atoms with Gasteiger partial charge in [0.05, 0.1) is 11.2 Å². The summed E-state index contributed by atoms with van der Waals surface area (Å²) >= 11 is 5.60. The molecule has 138 valence electrons. The predicted octanol–water partition coefficient (Wildman–Crippen LogP) is 1.65. The average molecular weight is 381 g/mol. The van der Waals surface area contributed by atoms with Crippen LogP contribution in [-0.4, -0.2) is 38.9 Å². The molecular formula is C17H18ClFN4O3. The zero-order valence-corrected chi connectivity index (χ0v) is 14.5. The van der Waals surface area contributed by atoms with Gasteiger partial charge in [-0.3, -0.25) is 15.2 Å². The average Bonchev–Trinajstić information content (AvgIpc) is 3.07. The fourth-order valence-electron chi connectivity index (χ4n) is 3.90. The van der Waals surface area contributed by atoms with E-state index in [1.54, 1.807) is 12.4 Å². The molecule has 1 aromatic heterocycles. The maximum atomic E-state index is 13.3. The zero-order chi connectivity index (χ0) is 18.4. The first-order valence-electron chi connectivity index (χ1n) is 8.22. The number of rotatable bonds is 7. The quantitative estimate of drug-likeness (QED) is 0.547. The number of carbonyl (C=O) groups is 1. The summed E-state index contributed by atoms with van der Waals surface area (Å²) in [6, 6.07) is 4.04. The molecule has 0 saturated heterocycles. The van der Waals surface area contributed by atoms with Crippen molar-refractivity contribution < 1.29 is 19.0 Å². The first-order chi connectivity index (χ1) is 12.4. The summed E-state index contributed by atoms with van der Waals surface area (Å²) in [5.41, 5.74) is 0.287. The Balaban J connectivity index is 1.23. The van der Waals surface area contributed by atoms with Crippen LogP contribution >= 0.6 is 11.6 Å². The Morgan fingerprint density at radius 3 is 2.85 bits per heavy atom. The van der Waals surface area contributed by atoms with E-state index < -0.39 is 12.0 Å². The lowest BCUT2D eigenvalue weighted by Gasteiger charge is -2.71. The van der Waals surface area contributed by atoms with Crippen molar-refractivity contribution in [1.29, 1.82) is 0 Å². The number of aliphatic hydroxyl groups is 1. The molecule has 3 saturated carbocycles. The number of ether oxygens (including phenoxy) is 1. The van der Waals surface area contributed by atoms with Crippen LogP contribution < -0.4 is 15.4 Å². The number of aliphatic hydroxyl groups excluding tert-OH is 1. The van der Waals surface area contributed by atoms with E-state index in [0.717, 1.165) is 25.3 Å². The van der Waals surface area contributed by atoms with Crippen LogP contribution in [0, 0.1) is 5.82 Å². The van der Waals surface area contributed by atoms with E-state index in [4.69, 9.17) is 16.3 Å². The van der Waals surface area contributed by atoms with Gasteiger partial charge in [0.2, 0.25) is 0 Å². The Bertz CT molecular complexity index is 810. The van der Waals surface area contributed by atoms with Gasteiger partial charge in [-0.1, -0.05) is 11.6 Å². The minimum absolute atomic E-state index is 0.00562. The van der Waals surface area contributed by atoms with Crippen LogP contribution in [0.5, 0.6) is 5.75 Å². The van der Waals surface area contributed by atoms with Crippen molar-refractivity contribution in [2.45, 2.75) is 36.6 Å². The highest BCUT2D eigenvalue weighted by atomic mass is 35.5. The summed E-state index contributed by atoms with van der Waals surface area (Å²) in [7, 11) is 0. The summed E-state index contributed by atoms with van der Waals surface area (Å²) in [6.45, 7) is -0.194. The second-order valence-electron chi connectivity index (χ2n) is 7.08. The van der Waals surface area contributed by atoms with Gasteiger partial charge >= 0.3 is 0 Å². The number of aromatic amines is 1. The van der Waals surface area contributed by atoms with E-state index in [2.05, 4.69) is 20.8 Å². The van der Waals surface area contributed by atoms with E-state index in [-0.39, 0.29) is 34.4 Å². The molecule has 1 aromatic carbocycles. The Labute approximate surface area is 153 Å². The summed E-state index contributed by atoms with van der Waals surface area (Å²) in [4.78, 5) is 12.1. The third kappa shape index (κ3) is 3.15. The molecule has 1 atom stereocenters. The molecule has 5 rings (SSSR count).